The number of carbonyl (C=O) groups is 1. The topological polar surface area (TPSA) is 68.5 Å². The van der Waals surface area contributed by atoms with Crippen molar-refractivity contribution in [3.63, 3.8) is 0 Å². The number of rotatable bonds is 6. The minimum Gasteiger partial charge on any atom is -0.491 e. The number of ether oxygens (including phenoxy) is 1. The average Bonchev–Trinajstić information content (AvgIpc) is 3.15. The standard InChI is InChI=1S/C24H29N3O3/c1-16(2)29-20-9-7-8-18(14-20)23(28)27(6)15-21-25-26-22(30-21)17-10-12-19(13-11-17)24(3,4)5/h7-14,16H,15H2,1-6H3. The van der Waals surface area contributed by atoms with Crippen molar-refractivity contribution in [1.29, 1.82) is 0 Å². The van der Waals surface area contributed by atoms with Crippen LogP contribution in [0.5, 0.6) is 5.75 Å². The van der Waals surface area contributed by atoms with Gasteiger partial charge in [0.2, 0.25) is 11.8 Å². The highest BCUT2D eigenvalue weighted by atomic mass is 16.5. The highest BCUT2D eigenvalue weighted by molar-refractivity contribution is 5.94. The molecule has 0 radical (unpaired) electrons. The Morgan fingerprint density at radius 2 is 1.80 bits per heavy atom. The van der Waals surface area contributed by atoms with E-state index in [1.807, 2.05) is 38.1 Å². The zero-order valence-electron chi connectivity index (χ0n) is 18.5. The molecule has 0 saturated carbocycles. The smallest absolute Gasteiger partial charge is 0.254 e. The number of amides is 1. The van der Waals surface area contributed by atoms with Gasteiger partial charge in [-0.3, -0.25) is 4.79 Å². The molecule has 1 aromatic heterocycles. The summed E-state index contributed by atoms with van der Waals surface area (Å²) in [5, 5.41) is 8.24. The predicted octanol–water partition coefficient (Wildman–Crippen LogP) is 5.09. The van der Waals surface area contributed by atoms with Crippen LogP contribution in [0.25, 0.3) is 11.5 Å². The molecular weight excluding hydrogens is 378 g/mol. The molecule has 0 saturated heterocycles. The molecule has 3 aromatic rings. The van der Waals surface area contributed by atoms with Crippen LogP contribution >= 0.6 is 0 Å². The third kappa shape index (κ3) is 5.26. The van der Waals surface area contributed by atoms with E-state index >= 15 is 0 Å². The molecule has 0 spiro atoms. The summed E-state index contributed by atoms with van der Waals surface area (Å²) in [6, 6.07) is 15.3. The minimum atomic E-state index is -0.140. The Bertz CT molecular complexity index is 1000. The number of nitrogens with zero attached hydrogens (tertiary/aromatic N) is 3. The van der Waals surface area contributed by atoms with Crippen molar-refractivity contribution < 1.29 is 13.9 Å². The van der Waals surface area contributed by atoms with Gasteiger partial charge in [0.15, 0.2) is 0 Å². The Morgan fingerprint density at radius 1 is 1.10 bits per heavy atom. The summed E-state index contributed by atoms with van der Waals surface area (Å²) in [6.07, 6.45) is 0.0439. The Hall–Kier alpha value is -3.15. The van der Waals surface area contributed by atoms with Crippen molar-refractivity contribution in [3.05, 3.63) is 65.5 Å². The van der Waals surface area contributed by atoms with Crippen LogP contribution in [-0.4, -0.2) is 34.2 Å². The SMILES string of the molecule is CC(C)Oc1cccc(C(=O)N(C)Cc2nnc(-c3ccc(C(C)(C)C)cc3)o2)c1. The largest absolute Gasteiger partial charge is 0.491 e. The lowest BCUT2D eigenvalue weighted by Gasteiger charge is -2.18. The summed E-state index contributed by atoms with van der Waals surface area (Å²) in [6.45, 7) is 10.6. The molecule has 0 fully saturated rings. The Labute approximate surface area is 177 Å². The second-order valence-corrected chi connectivity index (χ2v) is 8.68. The van der Waals surface area contributed by atoms with Crippen LogP contribution in [0.1, 0.15) is 56.4 Å². The molecular formula is C24H29N3O3. The van der Waals surface area contributed by atoms with Gasteiger partial charge in [0.25, 0.3) is 5.91 Å². The lowest BCUT2D eigenvalue weighted by molar-refractivity contribution is 0.0772. The minimum absolute atomic E-state index is 0.0439. The number of carbonyl (C=O) groups excluding carboxylic acids is 1. The molecule has 6 heteroatoms. The van der Waals surface area contributed by atoms with Crippen LogP contribution < -0.4 is 4.74 Å². The molecule has 30 heavy (non-hydrogen) atoms. The molecule has 0 N–H and O–H groups in total. The Balaban J connectivity index is 1.69. The molecule has 3 rings (SSSR count). The Morgan fingerprint density at radius 3 is 2.43 bits per heavy atom. The van der Waals surface area contributed by atoms with Gasteiger partial charge in [-0.1, -0.05) is 39.0 Å². The van der Waals surface area contributed by atoms with Crippen LogP contribution in [-0.2, 0) is 12.0 Å². The van der Waals surface area contributed by atoms with Gasteiger partial charge in [0, 0.05) is 18.2 Å². The molecule has 6 nitrogen and oxygen atoms in total. The van der Waals surface area contributed by atoms with Gasteiger partial charge in [-0.05, 0) is 55.2 Å². The van der Waals surface area contributed by atoms with Crippen LogP contribution in [0.3, 0.4) is 0 Å². The normalized spacial score (nSPS) is 11.6. The van der Waals surface area contributed by atoms with Crippen molar-refractivity contribution in [1.82, 2.24) is 15.1 Å². The molecule has 1 amide bonds. The van der Waals surface area contributed by atoms with Gasteiger partial charge in [0.1, 0.15) is 5.75 Å². The highest BCUT2D eigenvalue weighted by Crippen LogP contribution is 2.26. The summed E-state index contributed by atoms with van der Waals surface area (Å²) >= 11 is 0. The summed E-state index contributed by atoms with van der Waals surface area (Å²) in [7, 11) is 1.71. The van der Waals surface area contributed by atoms with Crippen molar-refractivity contribution in [3.8, 4) is 17.2 Å². The van der Waals surface area contributed by atoms with Gasteiger partial charge >= 0.3 is 0 Å². The van der Waals surface area contributed by atoms with Crippen molar-refractivity contribution in [2.24, 2.45) is 0 Å². The third-order valence-electron chi connectivity index (χ3n) is 4.64. The van der Waals surface area contributed by atoms with Gasteiger partial charge in [0.05, 0.1) is 12.6 Å². The number of hydrogen-bond acceptors (Lipinski definition) is 5. The first-order valence-corrected chi connectivity index (χ1v) is 10.1. The highest BCUT2D eigenvalue weighted by Gasteiger charge is 2.18. The van der Waals surface area contributed by atoms with E-state index in [0.717, 1.165) is 5.56 Å². The molecule has 158 valence electrons. The zero-order valence-corrected chi connectivity index (χ0v) is 18.5. The number of aromatic nitrogens is 2. The fourth-order valence-electron chi connectivity index (χ4n) is 3.02. The molecule has 0 unspecified atom stereocenters. The second-order valence-electron chi connectivity index (χ2n) is 8.68. The van der Waals surface area contributed by atoms with E-state index in [4.69, 9.17) is 9.15 Å². The fraction of sp³-hybridized carbons (Fsp3) is 0.375. The maximum atomic E-state index is 12.8. The van der Waals surface area contributed by atoms with Crippen molar-refractivity contribution in [2.75, 3.05) is 7.05 Å². The third-order valence-corrected chi connectivity index (χ3v) is 4.64. The molecule has 0 aliphatic rings. The van der Waals surface area contributed by atoms with Gasteiger partial charge < -0.3 is 14.1 Å². The molecule has 1 heterocycles. The van der Waals surface area contributed by atoms with E-state index in [1.165, 1.54) is 5.56 Å². The molecule has 2 aromatic carbocycles. The van der Waals surface area contributed by atoms with Gasteiger partial charge in [-0.25, -0.2) is 0 Å². The first-order chi connectivity index (χ1) is 14.1. The van der Waals surface area contributed by atoms with E-state index in [1.54, 1.807) is 24.1 Å². The average molecular weight is 408 g/mol. The Kier molecular flexibility index (Phi) is 6.25. The quantitative estimate of drug-likeness (QED) is 0.569. The van der Waals surface area contributed by atoms with E-state index in [9.17, 15) is 4.79 Å². The lowest BCUT2D eigenvalue weighted by atomic mass is 9.87. The number of benzene rings is 2. The maximum absolute atomic E-state index is 12.8. The van der Waals surface area contributed by atoms with Gasteiger partial charge in [-0.2, -0.15) is 0 Å². The fourth-order valence-corrected chi connectivity index (χ4v) is 3.02. The van der Waals surface area contributed by atoms with Crippen molar-refractivity contribution >= 4 is 5.91 Å². The summed E-state index contributed by atoms with van der Waals surface area (Å²) in [5.74, 6) is 1.36. The maximum Gasteiger partial charge on any atom is 0.254 e. The van der Waals surface area contributed by atoms with Crippen LogP contribution in [0.15, 0.2) is 52.9 Å². The van der Waals surface area contributed by atoms with E-state index < -0.39 is 0 Å². The summed E-state index contributed by atoms with van der Waals surface area (Å²) in [4.78, 5) is 14.3. The molecule has 0 bridgehead atoms. The summed E-state index contributed by atoms with van der Waals surface area (Å²) in [5.41, 5.74) is 2.72. The monoisotopic (exact) mass is 407 g/mol. The van der Waals surface area contributed by atoms with Crippen LogP contribution in [0.2, 0.25) is 0 Å². The summed E-state index contributed by atoms with van der Waals surface area (Å²) < 4.78 is 11.5. The first kappa shape index (κ1) is 21.6. The van der Waals surface area contributed by atoms with Crippen molar-refractivity contribution in [2.45, 2.75) is 52.7 Å². The lowest BCUT2D eigenvalue weighted by Crippen LogP contribution is -2.26. The van der Waals surface area contributed by atoms with Crippen LogP contribution in [0, 0.1) is 0 Å². The van der Waals surface area contributed by atoms with E-state index in [2.05, 4.69) is 43.1 Å². The van der Waals surface area contributed by atoms with Crippen LogP contribution in [0.4, 0.5) is 0 Å². The molecule has 0 aliphatic heterocycles. The molecule has 0 aliphatic carbocycles. The predicted molar refractivity (Wildman–Crippen MR) is 116 cm³/mol. The second kappa shape index (κ2) is 8.69. The van der Waals surface area contributed by atoms with E-state index in [-0.39, 0.29) is 24.0 Å². The van der Waals surface area contributed by atoms with E-state index in [0.29, 0.717) is 23.1 Å². The first-order valence-electron chi connectivity index (χ1n) is 10.1. The zero-order chi connectivity index (χ0) is 21.9. The number of hydrogen-bond donors (Lipinski definition) is 0. The molecule has 0 atom stereocenters. The van der Waals surface area contributed by atoms with Gasteiger partial charge in [-0.15, -0.1) is 10.2 Å².